The van der Waals surface area contributed by atoms with Crippen LogP contribution in [-0.4, -0.2) is 21.8 Å². The third kappa shape index (κ3) is 2.27. The molecule has 2 heteroatoms. The van der Waals surface area contributed by atoms with Crippen molar-refractivity contribution >= 4 is 15.9 Å². The zero-order valence-corrected chi connectivity index (χ0v) is 13.0. The number of piperidine rings is 1. The molecule has 0 aromatic heterocycles. The van der Waals surface area contributed by atoms with Crippen LogP contribution in [0.5, 0.6) is 0 Å². The SMILES string of the molecule is BrC1CC2CCC(C1)N2Cc1ccc2c(c1)CCC2. The summed E-state index contributed by atoms with van der Waals surface area (Å²) in [6, 6.07) is 8.91. The first-order chi connectivity index (χ1) is 9.29. The number of alkyl halides is 1. The normalized spacial score (nSPS) is 33.6. The molecule has 2 fully saturated rings. The van der Waals surface area contributed by atoms with Gasteiger partial charge in [-0.2, -0.15) is 0 Å². The zero-order valence-electron chi connectivity index (χ0n) is 11.4. The number of rotatable bonds is 2. The van der Waals surface area contributed by atoms with Crippen LogP contribution in [0.15, 0.2) is 18.2 Å². The van der Waals surface area contributed by atoms with Gasteiger partial charge in [0.1, 0.15) is 0 Å². The molecule has 2 heterocycles. The Morgan fingerprint density at radius 3 is 2.58 bits per heavy atom. The van der Waals surface area contributed by atoms with Gasteiger partial charge in [0.05, 0.1) is 0 Å². The first-order valence-corrected chi connectivity index (χ1v) is 8.71. The molecule has 1 aromatic carbocycles. The second kappa shape index (κ2) is 4.89. The fourth-order valence-corrected chi connectivity index (χ4v) is 5.26. The summed E-state index contributed by atoms with van der Waals surface area (Å²) < 4.78 is 0. The molecule has 1 nitrogen and oxygen atoms in total. The van der Waals surface area contributed by atoms with Crippen molar-refractivity contribution in [1.29, 1.82) is 0 Å². The van der Waals surface area contributed by atoms with Crippen molar-refractivity contribution in [3.05, 3.63) is 34.9 Å². The molecule has 4 rings (SSSR count). The summed E-state index contributed by atoms with van der Waals surface area (Å²) in [4.78, 5) is 3.55. The maximum absolute atomic E-state index is 3.84. The average molecular weight is 320 g/mol. The highest BCUT2D eigenvalue weighted by molar-refractivity contribution is 9.09. The third-order valence-corrected chi connectivity index (χ3v) is 6.10. The zero-order chi connectivity index (χ0) is 12.8. The van der Waals surface area contributed by atoms with E-state index < -0.39 is 0 Å². The van der Waals surface area contributed by atoms with Crippen molar-refractivity contribution in [1.82, 2.24) is 4.90 Å². The monoisotopic (exact) mass is 319 g/mol. The Hall–Kier alpha value is -0.340. The number of fused-ring (bicyclic) bond motifs is 3. The molecule has 1 aliphatic carbocycles. The number of benzene rings is 1. The lowest BCUT2D eigenvalue weighted by molar-refractivity contribution is 0.137. The average Bonchev–Trinajstić information content (AvgIpc) is 2.94. The summed E-state index contributed by atoms with van der Waals surface area (Å²) in [6.45, 7) is 1.18. The summed E-state index contributed by atoms with van der Waals surface area (Å²) in [5, 5.41) is 0. The molecule has 0 spiro atoms. The van der Waals surface area contributed by atoms with Crippen molar-refractivity contribution in [3.8, 4) is 0 Å². The molecule has 2 unspecified atom stereocenters. The van der Waals surface area contributed by atoms with Crippen LogP contribution in [-0.2, 0) is 19.4 Å². The number of hydrogen-bond acceptors (Lipinski definition) is 1. The Morgan fingerprint density at radius 2 is 1.79 bits per heavy atom. The van der Waals surface area contributed by atoms with Gasteiger partial charge in [-0.1, -0.05) is 34.1 Å². The fourth-order valence-electron chi connectivity index (χ4n) is 4.40. The van der Waals surface area contributed by atoms with Gasteiger partial charge in [0.25, 0.3) is 0 Å². The van der Waals surface area contributed by atoms with Crippen LogP contribution in [0.25, 0.3) is 0 Å². The van der Waals surface area contributed by atoms with E-state index in [-0.39, 0.29) is 0 Å². The summed E-state index contributed by atoms with van der Waals surface area (Å²) in [7, 11) is 0. The van der Waals surface area contributed by atoms with Crippen molar-refractivity contribution in [2.75, 3.05) is 0 Å². The van der Waals surface area contributed by atoms with E-state index in [1.165, 1.54) is 51.5 Å². The van der Waals surface area contributed by atoms with Gasteiger partial charge < -0.3 is 0 Å². The molecule has 0 radical (unpaired) electrons. The standard InChI is InChI=1S/C17H22BrN/c18-15-9-16-6-7-17(10-15)19(16)11-12-4-5-13-2-1-3-14(13)8-12/h4-5,8,15-17H,1-3,6-7,9-11H2. The smallest absolute Gasteiger partial charge is 0.0239 e. The Kier molecular flexibility index (Phi) is 3.19. The largest absolute Gasteiger partial charge is 0.293 e. The van der Waals surface area contributed by atoms with Crippen LogP contribution >= 0.6 is 15.9 Å². The minimum atomic E-state index is 0.765. The van der Waals surface area contributed by atoms with Gasteiger partial charge >= 0.3 is 0 Å². The highest BCUT2D eigenvalue weighted by Gasteiger charge is 2.39. The number of halogens is 1. The van der Waals surface area contributed by atoms with E-state index in [2.05, 4.69) is 39.0 Å². The van der Waals surface area contributed by atoms with Crippen molar-refractivity contribution in [2.45, 2.75) is 68.4 Å². The molecule has 0 amide bonds. The predicted molar refractivity (Wildman–Crippen MR) is 82.8 cm³/mol. The molecule has 1 aromatic rings. The molecule has 2 bridgehead atoms. The van der Waals surface area contributed by atoms with E-state index in [1.807, 2.05) is 0 Å². The Balaban J connectivity index is 1.53. The van der Waals surface area contributed by atoms with Crippen LogP contribution in [0.4, 0.5) is 0 Å². The van der Waals surface area contributed by atoms with E-state index in [1.54, 1.807) is 16.7 Å². The van der Waals surface area contributed by atoms with Gasteiger partial charge in [-0.15, -0.1) is 0 Å². The Labute approximate surface area is 124 Å². The van der Waals surface area contributed by atoms with Gasteiger partial charge in [-0.3, -0.25) is 4.90 Å². The van der Waals surface area contributed by atoms with Crippen molar-refractivity contribution < 1.29 is 0 Å². The predicted octanol–water partition coefficient (Wildman–Crippen LogP) is 4.07. The molecular weight excluding hydrogens is 298 g/mol. The maximum atomic E-state index is 3.84. The number of hydrogen-bond donors (Lipinski definition) is 0. The lowest BCUT2D eigenvalue weighted by Crippen LogP contribution is -2.42. The lowest BCUT2D eigenvalue weighted by Gasteiger charge is -2.37. The van der Waals surface area contributed by atoms with E-state index in [4.69, 9.17) is 0 Å². The molecule has 2 atom stereocenters. The Bertz CT molecular complexity index is 470. The van der Waals surface area contributed by atoms with Crippen LogP contribution in [0.3, 0.4) is 0 Å². The van der Waals surface area contributed by atoms with E-state index in [9.17, 15) is 0 Å². The molecule has 102 valence electrons. The third-order valence-electron chi connectivity index (χ3n) is 5.35. The van der Waals surface area contributed by atoms with Crippen LogP contribution in [0.2, 0.25) is 0 Å². The summed E-state index contributed by atoms with van der Waals surface area (Å²) in [6.07, 6.45) is 9.49. The van der Waals surface area contributed by atoms with Crippen LogP contribution in [0, 0.1) is 0 Å². The van der Waals surface area contributed by atoms with Crippen LogP contribution < -0.4 is 0 Å². The molecule has 19 heavy (non-hydrogen) atoms. The molecule has 0 N–H and O–H groups in total. The van der Waals surface area contributed by atoms with Gasteiger partial charge in [0, 0.05) is 23.5 Å². The fraction of sp³-hybridized carbons (Fsp3) is 0.647. The molecule has 0 saturated carbocycles. The summed E-state index contributed by atoms with van der Waals surface area (Å²) >= 11 is 3.84. The quantitative estimate of drug-likeness (QED) is 0.743. The number of nitrogens with zero attached hydrogens (tertiary/aromatic N) is 1. The van der Waals surface area contributed by atoms with E-state index >= 15 is 0 Å². The van der Waals surface area contributed by atoms with Crippen LogP contribution in [0.1, 0.15) is 48.8 Å². The molecule has 3 aliphatic rings. The number of aryl methyl sites for hydroxylation is 2. The summed E-state index contributed by atoms with van der Waals surface area (Å²) in [5.74, 6) is 0. The van der Waals surface area contributed by atoms with Gasteiger partial charge in [-0.05, 0) is 61.6 Å². The second-order valence-corrected chi connectivity index (χ2v) is 7.88. The molecular formula is C17H22BrN. The van der Waals surface area contributed by atoms with E-state index in [0.717, 1.165) is 16.9 Å². The first-order valence-electron chi connectivity index (χ1n) is 7.80. The van der Waals surface area contributed by atoms with E-state index in [0.29, 0.717) is 0 Å². The lowest BCUT2D eigenvalue weighted by atomic mass is 10.0. The Morgan fingerprint density at radius 1 is 1.05 bits per heavy atom. The second-order valence-electron chi connectivity index (χ2n) is 6.58. The summed E-state index contributed by atoms with van der Waals surface area (Å²) in [5.41, 5.74) is 4.77. The topological polar surface area (TPSA) is 3.24 Å². The minimum absolute atomic E-state index is 0.765. The molecule has 2 saturated heterocycles. The molecule has 2 aliphatic heterocycles. The van der Waals surface area contributed by atoms with Crippen molar-refractivity contribution in [2.24, 2.45) is 0 Å². The van der Waals surface area contributed by atoms with Crippen molar-refractivity contribution in [3.63, 3.8) is 0 Å². The van der Waals surface area contributed by atoms with Gasteiger partial charge in [0.15, 0.2) is 0 Å². The minimum Gasteiger partial charge on any atom is -0.293 e. The van der Waals surface area contributed by atoms with Gasteiger partial charge in [-0.25, -0.2) is 0 Å². The van der Waals surface area contributed by atoms with Gasteiger partial charge in [0.2, 0.25) is 0 Å². The highest BCUT2D eigenvalue weighted by Crippen LogP contribution is 2.39. The first kappa shape index (κ1) is 12.4. The highest BCUT2D eigenvalue weighted by atomic mass is 79.9. The maximum Gasteiger partial charge on any atom is 0.0239 e.